The Labute approximate surface area is 120 Å². The van der Waals surface area contributed by atoms with Crippen LogP contribution in [0.15, 0.2) is 0 Å². The van der Waals surface area contributed by atoms with Crippen molar-refractivity contribution in [1.82, 2.24) is 0 Å². The third kappa shape index (κ3) is 2.19. The van der Waals surface area contributed by atoms with Crippen LogP contribution in [-0.4, -0.2) is 14.0 Å². The van der Waals surface area contributed by atoms with Gasteiger partial charge in [0.2, 0.25) is 0 Å². The summed E-state index contributed by atoms with van der Waals surface area (Å²) in [5.74, 6) is 4.49. The van der Waals surface area contributed by atoms with Gasteiger partial charge in [0.15, 0.2) is 0 Å². The van der Waals surface area contributed by atoms with Gasteiger partial charge in [0.1, 0.15) is 0 Å². The van der Waals surface area contributed by atoms with Crippen LogP contribution in [0.25, 0.3) is 0 Å². The molecule has 0 aromatic heterocycles. The van der Waals surface area contributed by atoms with Crippen molar-refractivity contribution < 1.29 is 4.65 Å². The van der Waals surface area contributed by atoms with Gasteiger partial charge in [-0.15, -0.1) is 0 Å². The Morgan fingerprint density at radius 3 is 2.26 bits per heavy atom. The standard InChI is InChI=1S/C17H31BO/c1-12-15-10-13(17(15,2)3)11-16(12)18(19-4)14-8-6-5-7-9-14/h12-16H,5-11H2,1-4H3/t12-,13+,15-,16-/m1/s1. The number of hydrogen-bond donors (Lipinski definition) is 0. The Morgan fingerprint density at radius 2 is 1.74 bits per heavy atom. The zero-order chi connectivity index (χ0) is 13.6. The van der Waals surface area contributed by atoms with Crippen molar-refractivity contribution in [2.45, 2.75) is 77.4 Å². The third-order valence-electron chi connectivity index (χ3n) is 7.22. The van der Waals surface area contributed by atoms with E-state index in [1.165, 1.54) is 44.9 Å². The molecule has 0 N–H and O–H groups in total. The van der Waals surface area contributed by atoms with E-state index in [4.69, 9.17) is 4.65 Å². The van der Waals surface area contributed by atoms with Gasteiger partial charge in [-0.25, -0.2) is 0 Å². The molecule has 0 unspecified atom stereocenters. The highest BCUT2D eigenvalue weighted by molar-refractivity contribution is 6.55. The summed E-state index contributed by atoms with van der Waals surface area (Å²) in [4.78, 5) is 0. The summed E-state index contributed by atoms with van der Waals surface area (Å²) in [5, 5.41) is 0. The van der Waals surface area contributed by atoms with Crippen molar-refractivity contribution in [2.75, 3.05) is 7.11 Å². The highest BCUT2D eigenvalue weighted by Gasteiger charge is 2.58. The summed E-state index contributed by atoms with van der Waals surface area (Å²) in [7, 11) is 1.97. The van der Waals surface area contributed by atoms with E-state index in [1.807, 2.05) is 7.11 Å². The molecule has 0 amide bonds. The maximum atomic E-state index is 6.04. The number of rotatable bonds is 3. The summed E-state index contributed by atoms with van der Waals surface area (Å²) >= 11 is 0. The Hall–Kier alpha value is 0.0249. The maximum Gasteiger partial charge on any atom is 0.299 e. The van der Waals surface area contributed by atoms with Crippen LogP contribution in [-0.2, 0) is 4.65 Å². The van der Waals surface area contributed by atoms with E-state index in [1.54, 1.807) is 0 Å². The molecule has 0 heterocycles. The molecule has 1 nitrogen and oxygen atoms in total. The van der Waals surface area contributed by atoms with E-state index >= 15 is 0 Å². The van der Waals surface area contributed by atoms with Gasteiger partial charge < -0.3 is 4.65 Å². The van der Waals surface area contributed by atoms with E-state index < -0.39 is 0 Å². The first-order valence-electron chi connectivity index (χ1n) is 8.58. The normalized spacial score (nSPS) is 41.7. The molecule has 4 rings (SSSR count). The predicted octanol–water partition coefficient (Wildman–Crippen LogP) is 5.03. The average Bonchev–Trinajstić information content (AvgIpc) is 2.42. The minimum Gasteiger partial charge on any atom is -0.438 e. The molecule has 19 heavy (non-hydrogen) atoms. The summed E-state index contributed by atoms with van der Waals surface area (Å²) in [6.45, 7) is 8.07. The first kappa shape index (κ1) is 14.0. The van der Waals surface area contributed by atoms with Crippen molar-refractivity contribution in [1.29, 1.82) is 0 Å². The summed E-state index contributed by atoms with van der Waals surface area (Å²) in [6, 6.07) is 0. The Balaban J connectivity index is 1.71. The number of hydrogen-bond acceptors (Lipinski definition) is 1. The Bertz CT molecular complexity index is 321. The highest BCUT2D eigenvalue weighted by Crippen LogP contribution is 2.65. The monoisotopic (exact) mass is 262 g/mol. The van der Waals surface area contributed by atoms with Crippen LogP contribution in [0.5, 0.6) is 0 Å². The van der Waals surface area contributed by atoms with Crippen molar-refractivity contribution in [3.8, 4) is 0 Å². The summed E-state index contributed by atoms with van der Waals surface area (Å²) < 4.78 is 6.04. The molecular formula is C17H31BO. The molecule has 4 aliphatic rings. The molecule has 0 aromatic rings. The lowest BCUT2D eigenvalue weighted by Crippen LogP contribution is -2.56. The lowest BCUT2D eigenvalue weighted by Gasteiger charge is -2.63. The smallest absolute Gasteiger partial charge is 0.299 e. The van der Waals surface area contributed by atoms with Crippen LogP contribution in [0.2, 0.25) is 11.6 Å². The number of fused-ring (bicyclic) bond motifs is 2. The van der Waals surface area contributed by atoms with E-state index in [9.17, 15) is 0 Å². The van der Waals surface area contributed by atoms with Crippen LogP contribution in [0, 0.1) is 23.2 Å². The molecule has 4 aliphatic carbocycles. The largest absolute Gasteiger partial charge is 0.438 e. The second kappa shape index (κ2) is 5.09. The molecule has 4 atom stereocenters. The molecule has 4 fully saturated rings. The molecule has 0 aliphatic heterocycles. The Kier molecular flexibility index (Phi) is 3.75. The highest BCUT2D eigenvalue weighted by atomic mass is 16.4. The third-order valence-corrected chi connectivity index (χ3v) is 7.22. The van der Waals surface area contributed by atoms with Gasteiger partial charge >= 0.3 is 0 Å². The van der Waals surface area contributed by atoms with Crippen molar-refractivity contribution in [3.63, 3.8) is 0 Å². The maximum absolute atomic E-state index is 6.04. The fraction of sp³-hybridized carbons (Fsp3) is 1.00. The van der Waals surface area contributed by atoms with Crippen LogP contribution in [0.1, 0.15) is 65.7 Å². The summed E-state index contributed by atoms with van der Waals surface area (Å²) in [6.07, 6.45) is 10.1. The van der Waals surface area contributed by atoms with Crippen LogP contribution < -0.4 is 0 Å². The zero-order valence-electron chi connectivity index (χ0n) is 13.3. The van der Waals surface area contributed by atoms with Crippen molar-refractivity contribution in [2.24, 2.45) is 23.2 Å². The van der Waals surface area contributed by atoms with Gasteiger partial charge in [-0.1, -0.05) is 59.3 Å². The first-order valence-corrected chi connectivity index (χ1v) is 8.58. The topological polar surface area (TPSA) is 9.23 Å². The van der Waals surface area contributed by atoms with Gasteiger partial charge in [-0.2, -0.15) is 0 Å². The van der Waals surface area contributed by atoms with Crippen molar-refractivity contribution >= 4 is 6.92 Å². The zero-order valence-corrected chi connectivity index (χ0v) is 13.3. The summed E-state index contributed by atoms with van der Waals surface area (Å²) in [5.41, 5.74) is 0.612. The second-order valence-electron chi connectivity index (χ2n) is 8.22. The molecule has 0 radical (unpaired) electrons. The minimum absolute atomic E-state index is 0.552. The fourth-order valence-corrected chi connectivity index (χ4v) is 5.80. The van der Waals surface area contributed by atoms with E-state index in [-0.39, 0.29) is 0 Å². The Morgan fingerprint density at radius 1 is 1.05 bits per heavy atom. The molecule has 4 saturated carbocycles. The molecule has 108 valence electrons. The molecule has 0 spiro atoms. The molecule has 0 saturated heterocycles. The van der Waals surface area contributed by atoms with E-state index in [0.29, 0.717) is 12.3 Å². The SMILES string of the molecule is COB(C1CCCCC1)[C@@H]1C[C@@H]2C[C@H]([C@H]1C)C2(C)C. The van der Waals surface area contributed by atoms with Gasteiger partial charge in [0, 0.05) is 7.11 Å². The lowest BCUT2D eigenvalue weighted by atomic mass is 9.32. The van der Waals surface area contributed by atoms with Gasteiger partial charge in [-0.05, 0) is 41.2 Å². The molecule has 0 aromatic carbocycles. The van der Waals surface area contributed by atoms with Gasteiger partial charge in [0.05, 0.1) is 0 Å². The predicted molar refractivity (Wildman–Crippen MR) is 82.5 cm³/mol. The van der Waals surface area contributed by atoms with Crippen molar-refractivity contribution in [3.05, 3.63) is 0 Å². The fourth-order valence-electron chi connectivity index (χ4n) is 5.80. The first-order chi connectivity index (χ1) is 9.05. The lowest BCUT2D eigenvalue weighted by molar-refractivity contribution is -0.101. The molecule has 2 bridgehead atoms. The molecule has 2 heteroatoms. The van der Waals surface area contributed by atoms with Crippen LogP contribution in [0.4, 0.5) is 0 Å². The van der Waals surface area contributed by atoms with Gasteiger partial charge in [-0.3, -0.25) is 0 Å². The average molecular weight is 262 g/mol. The van der Waals surface area contributed by atoms with Crippen LogP contribution >= 0.6 is 0 Å². The van der Waals surface area contributed by atoms with E-state index in [2.05, 4.69) is 20.8 Å². The minimum atomic E-state index is 0.552. The van der Waals surface area contributed by atoms with E-state index in [0.717, 1.165) is 29.4 Å². The molecular weight excluding hydrogens is 231 g/mol. The second-order valence-corrected chi connectivity index (χ2v) is 8.22. The van der Waals surface area contributed by atoms with Gasteiger partial charge in [0.25, 0.3) is 6.92 Å². The quantitative estimate of drug-likeness (QED) is 0.648. The van der Waals surface area contributed by atoms with Crippen LogP contribution in [0.3, 0.4) is 0 Å².